The number of thioether (sulfide) groups is 1. The second-order valence-corrected chi connectivity index (χ2v) is 3.06. The summed E-state index contributed by atoms with van der Waals surface area (Å²) in [6.07, 6.45) is 1.93. The minimum absolute atomic E-state index is 1.19. The molecule has 8 heavy (non-hydrogen) atoms. The molecule has 1 aliphatic heterocycles. The van der Waals surface area contributed by atoms with Gasteiger partial charge in [0.1, 0.15) is 0 Å². The molecule has 0 saturated carbocycles. The molecule has 1 fully saturated rings. The van der Waals surface area contributed by atoms with Crippen molar-refractivity contribution in [2.24, 2.45) is 0 Å². The summed E-state index contributed by atoms with van der Waals surface area (Å²) in [5.74, 6) is 2.54. The molecule has 0 spiro atoms. The van der Waals surface area contributed by atoms with E-state index in [1.165, 1.54) is 24.6 Å². The maximum atomic E-state index is 3.70. The van der Waals surface area contributed by atoms with Crippen LogP contribution in [0.2, 0.25) is 0 Å². The van der Waals surface area contributed by atoms with E-state index in [2.05, 4.69) is 11.5 Å². The lowest BCUT2D eigenvalue weighted by atomic mass is 10.5. The highest BCUT2D eigenvalue weighted by Crippen LogP contribution is 2.07. The van der Waals surface area contributed by atoms with Crippen LogP contribution >= 0.6 is 11.8 Å². The van der Waals surface area contributed by atoms with Crippen LogP contribution in [0, 0.1) is 0 Å². The van der Waals surface area contributed by atoms with Gasteiger partial charge in [-0.3, -0.25) is 0 Å². The quantitative estimate of drug-likeness (QED) is 0.523. The molecule has 1 rings (SSSR count). The monoisotopic (exact) mass is 129 g/mol. The lowest BCUT2D eigenvalue weighted by molar-refractivity contribution is 0.418. The van der Waals surface area contributed by atoms with Crippen LogP contribution in [0.3, 0.4) is 0 Å². The Morgan fingerprint density at radius 1 is 1.38 bits per heavy atom. The molecule has 0 aromatic rings. The van der Waals surface area contributed by atoms with Crippen LogP contribution < -0.4 is 0 Å². The standard InChI is InChI=1S/C6H11NS/c1-2-7-3-5-8-6-4-7/h2H,1,3-6H2. The fourth-order valence-corrected chi connectivity index (χ4v) is 1.69. The third-order valence-corrected chi connectivity index (χ3v) is 2.25. The molecule has 0 aromatic heterocycles. The van der Waals surface area contributed by atoms with Gasteiger partial charge in [0.15, 0.2) is 0 Å². The van der Waals surface area contributed by atoms with Crippen LogP contribution in [0.5, 0.6) is 0 Å². The molecule has 1 saturated heterocycles. The van der Waals surface area contributed by atoms with Crippen molar-refractivity contribution in [3.05, 3.63) is 12.8 Å². The van der Waals surface area contributed by atoms with Crippen molar-refractivity contribution in [2.45, 2.75) is 0 Å². The van der Waals surface area contributed by atoms with Gasteiger partial charge in [-0.1, -0.05) is 6.58 Å². The van der Waals surface area contributed by atoms with Crippen LogP contribution in [0.4, 0.5) is 0 Å². The molecular formula is C6H11NS. The van der Waals surface area contributed by atoms with E-state index < -0.39 is 0 Å². The zero-order valence-corrected chi connectivity index (χ0v) is 5.78. The average molecular weight is 129 g/mol. The minimum atomic E-state index is 1.19. The van der Waals surface area contributed by atoms with Crippen LogP contribution in [0.1, 0.15) is 0 Å². The largest absolute Gasteiger partial charge is 0.376 e. The lowest BCUT2D eigenvalue weighted by Gasteiger charge is -2.23. The molecule has 0 radical (unpaired) electrons. The normalized spacial score (nSPS) is 20.8. The molecule has 0 aliphatic carbocycles. The molecule has 1 heterocycles. The van der Waals surface area contributed by atoms with Gasteiger partial charge in [0, 0.05) is 24.6 Å². The highest BCUT2D eigenvalue weighted by atomic mass is 32.2. The first-order chi connectivity index (χ1) is 3.93. The zero-order chi connectivity index (χ0) is 5.82. The molecule has 0 N–H and O–H groups in total. The van der Waals surface area contributed by atoms with E-state index in [1.807, 2.05) is 18.0 Å². The van der Waals surface area contributed by atoms with Gasteiger partial charge in [0.2, 0.25) is 0 Å². The Labute approximate surface area is 54.8 Å². The molecule has 0 aromatic carbocycles. The third kappa shape index (κ3) is 1.44. The maximum absolute atomic E-state index is 3.70. The van der Waals surface area contributed by atoms with E-state index >= 15 is 0 Å². The fraction of sp³-hybridized carbons (Fsp3) is 0.667. The molecule has 1 nitrogen and oxygen atoms in total. The Kier molecular flexibility index (Phi) is 2.27. The second kappa shape index (κ2) is 3.02. The van der Waals surface area contributed by atoms with Gasteiger partial charge in [-0.15, -0.1) is 0 Å². The summed E-state index contributed by atoms with van der Waals surface area (Å²) in [4.78, 5) is 2.26. The van der Waals surface area contributed by atoms with Crippen molar-refractivity contribution in [1.29, 1.82) is 0 Å². The highest BCUT2D eigenvalue weighted by Gasteiger charge is 2.03. The molecule has 1 aliphatic rings. The van der Waals surface area contributed by atoms with E-state index in [4.69, 9.17) is 0 Å². The number of rotatable bonds is 1. The summed E-state index contributed by atoms with van der Waals surface area (Å²) < 4.78 is 0. The number of hydrogen-bond acceptors (Lipinski definition) is 2. The van der Waals surface area contributed by atoms with Crippen LogP contribution in [0.25, 0.3) is 0 Å². The molecule has 0 amide bonds. The molecular weight excluding hydrogens is 118 g/mol. The molecule has 2 heteroatoms. The molecule has 0 unspecified atom stereocenters. The van der Waals surface area contributed by atoms with Gasteiger partial charge in [-0.25, -0.2) is 0 Å². The van der Waals surface area contributed by atoms with Gasteiger partial charge in [0.05, 0.1) is 0 Å². The van der Waals surface area contributed by atoms with Crippen molar-refractivity contribution < 1.29 is 0 Å². The van der Waals surface area contributed by atoms with Crippen molar-refractivity contribution >= 4 is 11.8 Å². The molecule has 0 atom stereocenters. The van der Waals surface area contributed by atoms with Crippen LogP contribution in [-0.4, -0.2) is 29.5 Å². The predicted molar refractivity (Wildman–Crippen MR) is 39.1 cm³/mol. The van der Waals surface area contributed by atoms with Gasteiger partial charge in [-0.05, 0) is 6.20 Å². The first kappa shape index (κ1) is 6.02. The van der Waals surface area contributed by atoms with Gasteiger partial charge in [0.25, 0.3) is 0 Å². The Balaban J connectivity index is 2.22. The van der Waals surface area contributed by atoms with E-state index in [0.717, 1.165) is 0 Å². The van der Waals surface area contributed by atoms with E-state index in [-0.39, 0.29) is 0 Å². The Morgan fingerprint density at radius 2 is 2.00 bits per heavy atom. The fourth-order valence-electron chi connectivity index (χ4n) is 0.760. The molecule has 0 bridgehead atoms. The number of hydrogen-bond donors (Lipinski definition) is 0. The highest BCUT2D eigenvalue weighted by molar-refractivity contribution is 7.99. The average Bonchev–Trinajstić information content (AvgIpc) is 1.90. The molecule has 46 valence electrons. The summed E-state index contributed by atoms with van der Waals surface area (Å²) in [5.41, 5.74) is 0. The van der Waals surface area contributed by atoms with Crippen molar-refractivity contribution in [3.63, 3.8) is 0 Å². The van der Waals surface area contributed by atoms with Gasteiger partial charge >= 0.3 is 0 Å². The van der Waals surface area contributed by atoms with Crippen molar-refractivity contribution in [1.82, 2.24) is 4.90 Å². The summed E-state index contributed by atoms with van der Waals surface area (Å²) in [7, 11) is 0. The van der Waals surface area contributed by atoms with Gasteiger partial charge in [-0.2, -0.15) is 11.8 Å². The summed E-state index contributed by atoms with van der Waals surface area (Å²) in [5, 5.41) is 0. The minimum Gasteiger partial charge on any atom is -0.376 e. The van der Waals surface area contributed by atoms with Crippen LogP contribution in [0.15, 0.2) is 12.8 Å². The number of nitrogens with zero attached hydrogens (tertiary/aromatic N) is 1. The zero-order valence-electron chi connectivity index (χ0n) is 4.97. The van der Waals surface area contributed by atoms with Crippen molar-refractivity contribution in [2.75, 3.05) is 24.6 Å². The second-order valence-electron chi connectivity index (χ2n) is 1.83. The maximum Gasteiger partial charge on any atom is 0.0263 e. The summed E-state index contributed by atoms with van der Waals surface area (Å²) >= 11 is 2.02. The first-order valence-electron chi connectivity index (χ1n) is 2.88. The van der Waals surface area contributed by atoms with E-state index in [0.29, 0.717) is 0 Å². The van der Waals surface area contributed by atoms with Gasteiger partial charge < -0.3 is 4.90 Å². The SMILES string of the molecule is C=CN1CCSCC1. The van der Waals surface area contributed by atoms with E-state index in [1.54, 1.807) is 0 Å². The summed E-state index contributed by atoms with van der Waals surface area (Å²) in [6, 6.07) is 0. The van der Waals surface area contributed by atoms with Crippen molar-refractivity contribution in [3.8, 4) is 0 Å². The van der Waals surface area contributed by atoms with Crippen LogP contribution in [-0.2, 0) is 0 Å². The first-order valence-corrected chi connectivity index (χ1v) is 4.03. The summed E-state index contributed by atoms with van der Waals surface area (Å²) in [6.45, 7) is 6.08. The predicted octanol–water partition coefficient (Wildman–Crippen LogP) is 1.18. The van der Waals surface area contributed by atoms with E-state index in [9.17, 15) is 0 Å². The Morgan fingerprint density at radius 3 is 2.38 bits per heavy atom. The Bertz CT molecular complexity index is 76.6. The lowest BCUT2D eigenvalue weighted by Crippen LogP contribution is -2.27. The topological polar surface area (TPSA) is 3.24 Å². The smallest absolute Gasteiger partial charge is 0.0263 e. The Hall–Kier alpha value is -0.110. The third-order valence-electron chi connectivity index (χ3n) is 1.30.